The standard InChI is InChI=1S/C12H20N2O2S3/c1-3-13-8-11-12(5-7-18-11)19(15,16)14(2)10-4-6-17-9-10/h5,7,10,13H,3-4,6,8-9H2,1-2H3. The third-order valence-electron chi connectivity index (χ3n) is 3.32. The monoisotopic (exact) mass is 320 g/mol. The van der Waals surface area contributed by atoms with Crippen LogP contribution in [0.25, 0.3) is 0 Å². The van der Waals surface area contributed by atoms with Crippen LogP contribution < -0.4 is 5.32 Å². The Hall–Kier alpha value is -0.0800. The number of nitrogens with one attached hydrogen (secondary N) is 1. The molecule has 1 saturated heterocycles. The zero-order chi connectivity index (χ0) is 13.9. The molecule has 4 nitrogen and oxygen atoms in total. The van der Waals surface area contributed by atoms with E-state index in [2.05, 4.69) is 5.32 Å². The lowest BCUT2D eigenvalue weighted by Gasteiger charge is -2.23. The molecular weight excluding hydrogens is 300 g/mol. The van der Waals surface area contributed by atoms with E-state index in [-0.39, 0.29) is 6.04 Å². The van der Waals surface area contributed by atoms with Gasteiger partial charge in [0.1, 0.15) is 0 Å². The minimum atomic E-state index is -3.35. The summed E-state index contributed by atoms with van der Waals surface area (Å²) in [6.45, 7) is 3.48. The van der Waals surface area contributed by atoms with Crippen molar-refractivity contribution in [2.75, 3.05) is 25.1 Å². The van der Waals surface area contributed by atoms with Gasteiger partial charge in [0.2, 0.25) is 10.0 Å². The minimum Gasteiger partial charge on any atom is -0.312 e. The van der Waals surface area contributed by atoms with E-state index in [1.54, 1.807) is 17.4 Å². The van der Waals surface area contributed by atoms with Crippen LogP contribution in [0, 0.1) is 0 Å². The van der Waals surface area contributed by atoms with Gasteiger partial charge in [0.05, 0.1) is 4.90 Å². The van der Waals surface area contributed by atoms with Gasteiger partial charge < -0.3 is 5.32 Å². The first-order valence-corrected chi connectivity index (χ1v) is 9.87. The molecule has 0 amide bonds. The Kier molecular flexibility index (Phi) is 5.30. The zero-order valence-corrected chi connectivity index (χ0v) is 13.7. The maximum absolute atomic E-state index is 12.7. The SMILES string of the molecule is CCNCc1sccc1S(=O)(=O)N(C)C1CCSC1. The van der Waals surface area contributed by atoms with Crippen LogP contribution in [0.3, 0.4) is 0 Å². The fourth-order valence-electron chi connectivity index (χ4n) is 2.09. The minimum absolute atomic E-state index is 0.141. The smallest absolute Gasteiger partial charge is 0.244 e. The number of sulfonamides is 1. The van der Waals surface area contributed by atoms with E-state index in [1.165, 1.54) is 11.3 Å². The van der Waals surface area contributed by atoms with Crippen LogP contribution in [-0.2, 0) is 16.6 Å². The molecule has 0 radical (unpaired) electrons. The molecule has 1 unspecified atom stereocenters. The van der Waals surface area contributed by atoms with E-state index in [0.717, 1.165) is 29.3 Å². The second-order valence-corrected chi connectivity index (χ2v) is 8.64. The van der Waals surface area contributed by atoms with Crippen molar-refractivity contribution in [1.29, 1.82) is 0 Å². The van der Waals surface area contributed by atoms with Crippen molar-refractivity contribution in [3.05, 3.63) is 16.3 Å². The predicted molar refractivity (Wildman–Crippen MR) is 82.4 cm³/mol. The van der Waals surface area contributed by atoms with Crippen molar-refractivity contribution in [1.82, 2.24) is 9.62 Å². The summed E-state index contributed by atoms with van der Waals surface area (Å²) < 4.78 is 26.9. The highest BCUT2D eigenvalue weighted by atomic mass is 32.2. The van der Waals surface area contributed by atoms with Crippen LogP contribution in [0.4, 0.5) is 0 Å². The molecule has 19 heavy (non-hydrogen) atoms. The number of thioether (sulfide) groups is 1. The van der Waals surface area contributed by atoms with E-state index < -0.39 is 10.0 Å². The summed E-state index contributed by atoms with van der Waals surface area (Å²) in [6.07, 6.45) is 0.951. The Labute approximate surface area is 123 Å². The summed E-state index contributed by atoms with van der Waals surface area (Å²) >= 11 is 3.33. The molecule has 2 rings (SSSR count). The van der Waals surface area contributed by atoms with Crippen LogP contribution in [0.15, 0.2) is 16.3 Å². The van der Waals surface area contributed by atoms with Gasteiger partial charge in [0.15, 0.2) is 0 Å². The van der Waals surface area contributed by atoms with Crippen molar-refractivity contribution in [3.63, 3.8) is 0 Å². The van der Waals surface area contributed by atoms with Gasteiger partial charge >= 0.3 is 0 Å². The number of nitrogens with zero attached hydrogens (tertiary/aromatic N) is 1. The Morgan fingerprint density at radius 3 is 2.95 bits per heavy atom. The van der Waals surface area contributed by atoms with E-state index >= 15 is 0 Å². The topological polar surface area (TPSA) is 49.4 Å². The lowest BCUT2D eigenvalue weighted by Crippen LogP contribution is -2.37. The fourth-order valence-corrected chi connectivity index (χ4v) is 6.22. The number of hydrogen-bond acceptors (Lipinski definition) is 5. The Morgan fingerprint density at radius 1 is 1.53 bits per heavy atom. The molecule has 1 aliphatic heterocycles. The third kappa shape index (κ3) is 3.33. The van der Waals surface area contributed by atoms with Gasteiger partial charge in [-0.15, -0.1) is 11.3 Å². The van der Waals surface area contributed by atoms with Gasteiger partial charge in [-0.1, -0.05) is 6.92 Å². The molecule has 1 aromatic rings. The molecule has 1 fully saturated rings. The first kappa shape index (κ1) is 15.3. The summed E-state index contributed by atoms with van der Waals surface area (Å²) in [7, 11) is -1.64. The molecule has 0 bridgehead atoms. The molecule has 0 aromatic carbocycles. The first-order valence-electron chi connectivity index (χ1n) is 6.40. The van der Waals surface area contributed by atoms with Gasteiger partial charge in [-0.05, 0) is 30.2 Å². The second-order valence-electron chi connectivity index (χ2n) is 4.53. The van der Waals surface area contributed by atoms with Crippen LogP contribution in [0.1, 0.15) is 18.2 Å². The molecule has 0 spiro atoms. The third-order valence-corrected chi connectivity index (χ3v) is 7.51. The molecule has 1 aliphatic rings. The normalized spacial score (nSPS) is 20.3. The number of hydrogen-bond donors (Lipinski definition) is 1. The summed E-state index contributed by atoms with van der Waals surface area (Å²) in [5, 5.41) is 5.05. The highest BCUT2D eigenvalue weighted by Gasteiger charge is 2.32. The molecular formula is C12H20N2O2S3. The summed E-state index contributed by atoms with van der Waals surface area (Å²) in [6, 6.07) is 1.87. The van der Waals surface area contributed by atoms with Crippen LogP contribution in [0.5, 0.6) is 0 Å². The van der Waals surface area contributed by atoms with Crippen molar-refractivity contribution in [3.8, 4) is 0 Å². The Bertz CT molecular complexity index is 507. The number of rotatable bonds is 6. The van der Waals surface area contributed by atoms with E-state index in [4.69, 9.17) is 0 Å². The molecule has 0 aliphatic carbocycles. The summed E-state index contributed by atoms with van der Waals surface area (Å²) in [4.78, 5) is 1.37. The molecule has 2 heterocycles. The molecule has 7 heteroatoms. The average molecular weight is 321 g/mol. The van der Waals surface area contributed by atoms with Crippen LogP contribution in [-0.4, -0.2) is 43.9 Å². The number of thiophene rings is 1. The second kappa shape index (κ2) is 6.58. The average Bonchev–Trinajstić information content (AvgIpc) is 3.06. The van der Waals surface area contributed by atoms with Gasteiger partial charge in [0, 0.05) is 30.3 Å². The van der Waals surface area contributed by atoms with E-state index in [9.17, 15) is 8.42 Å². The Morgan fingerprint density at radius 2 is 2.32 bits per heavy atom. The molecule has 1 atom stereocenters. The van der Waals surface area contributed by atoms with Crippen molar-refractivity contribution < 1.29 is 8.42 Å². The highest BCUT2D eigenvalue weighted by Crippen LogP contribution is 2.29. The Balaban J connectivity index is 2.21. The van der Waals surface area contributed by atoms with Gasteiger partial charge in [-0.25, -0.2) is 8.42 Å². The quantitative estimate of drug-likeness (QED) is 0.871. The fraction of sp³-hybridized carbons (Fsp3) is 0.667. The largest absolute Gasteiger partial charge is 0.312 e. The summed E-state index contributed by atoms with van der Waals surface area (Å²) in [5.74, 6) is 1.96. The molecule has 0 saturated carbocycles. The summed E-state index contributed by atoms with van der Waals surface area (Å²) in [5.41, 5.74) is 0. The molecule has 1 N–H and O–H groups in total. The van der Waals surface area contributed by atoms with Crippen LogP contribution >= 0.6 is 23.1 Å². The highest BCUT2D eigenvalue weighted by molar-refractivity contribution is 7.99. The maximum atomic E-state index is 12.7. The first-order chi connectivity index (χ1) is 9.07. The van der Waals surface area contributed by atoms with Crippen LogP contribution in [0.2, 0.25) is 0 Å². The van der Waals surface area contributed by atoms with Gasteiger partial charge in [0.25, 0.3) is 0 Å². The van der Waals surface area contributed by atoms with E-state index in [0.29, 0.717) is 11.4 Å². The van der Waals surface area contributed by atoms with Crippen molar-refractivity contribution in [2.24, 2.45) is 0 Å². The predicted octanol–water partition coefficient (Wildman–Crippen LogP) is 1.98. The lowest BCUT2D eigenvalue weighted by atomic mass is 10.3. The molecule has 108 valence electrons. The van der Waals surface area contributed by atoms with Crippen molar-refractivity contribution >= 4 is 33.1 Å². The maximum Gasteiger partial charge on any atom is 0.244 e. The van der Waals surface area contributed by atoms with Gasteiger partial charge in [-0.2, -0.15) is 16.1 Å². The van der Waals surface area contributed by atoms with Crippen molar-refractivity contribution in [2.45, 2.75) is 30.8 Å². The zero-order valence-electron chi connectivity index (χ0n) is 11.3. The van der Waals surface area contributed by atoms with E-state index in [1.807, 2.05) is 24.1 Å². The van der Waals surface area contributed by atoms with Gasteiger partial charge in [-0.3, -0.25) is 0 Å². The molecule has 1 aromatic heterocycles. The lowest BCUT2D eigenvalue weighted by molar-refractivity contribution is 0.394.